The number of carbonyl (C=O) groups is 1. The van der Waals surface area contributed by atoms with Gasteiger partial charge in [-0.2, -0.15) is 0 Å². The molecule has 2 aromatic carbocycles. The van der Waals surface area contributed by atoms with Crippen LogP contribution in [0.2, 0.25) is 0 Å². The highest BCUT2D eigenvalue weighted by Gasteiger charge is 2.39. The average Bonchev–Trinajstić information content (AvgIpc) is 2.85. The number of phenolic OH excluding ortho intramolecular Hbond substituents is 1. The highest BCUT2D eigenvalue weighted by molar-refractivity contribution is 6.13. The quantitative estimate of drug-likeness (QED) is 0.843. The lowest BCUT2D eigenvalue weighted by Crippen LogP contribution is -2.46. The molecule has 2 aliphatic rings. The zero-order valence-electron chi connectivity index (χ0n) is 11.5. The van der Waals surface area contributed by atoms with Crippen LogP contribution in [0.1, 0.15) is 15.9 Å². The minimum Gasteiger partial charge on any atom is -0.504 e. The number of benzene rings is 2. The summed E-state index contributed by atoms with van der Waals surface area (Å²) >= 11 is 0. The molecule has 0 aromatic heterocycles. The molecule has 4 rings (SSSR count). The highest BCUT2D eigenvalue weighted by atomic mass is 16.5. The van der Waals surface area contributed by atoms with E-state index in [1.165, 1.54) is 7.11 Å². The number of rotatable bonds is 1. The normalized spacial score (nSPS) is 18.6. The van der Waals surface area contributed by atoms with Crippen LogP contribution in [-0.4, -0.2) is 24.3 Å². The summed E-state index contributed by atoms with van der Waals surface area (Å²) in [6.07, 6.45) is 0.656. The molecule has 0 radical (unpaired) electrons. The van der Waals surface area contributed by atoms with Gasteiger partial charge in [-0.25, -0.2) is 0 Å². The van der Waals surface area contributed by atoms with Gasteiger partial charge in [0.05, 0.1) is 18.4 Å². The van der Waals surface area contributed by atoms with Gasteiger partial charge < -0.3 is 15.2 Å². The molecule has 5 heteroatoms. The molecule has 2 N–H and O–H groups in total. The molecule has 0 saturated carbocycles. The molecule has 2 aromatic rings. The summed E-state index contributed by atoms with van der Waals surface area (Å²) < 4.78 is 5.09. The number of anilines is 2. The van der Waals surface area contributed by atoms with Gasteiger partial charge in [0.15, 0.2) is 11.5 Å². The van der Waals surface area contributed by atoms with E-state index >= 15 is 0 Å². The molecular formula is C16H14N2O3. The third-order valence-electron chi connectivity index (χ3n) is 4.07. The summed E-state index contributed by atoms with van der Waals surface area (Å²) in [5.74, 6) is 0.257. The predicted octanol–water partition coefficient (Wildman–Crippen LogP) is 2.36. The standard InChI is InChI=1S/C16H14N2O3/c1-21-14-7-10-11(8-13(14)19)17-15-6-9-4-2-3-5-12(9)18(15)16(10)20/h2-5,7-8,15,17,19H,6H2,1H3. The Kier molecular flexibility index (Phi) is 2.39. The Bertz CT molecular complexity index is 757. The molecule has 0 bridgehead atoms. The number of amides is 1. The van der Waals surface area contributed by atoms with Gasteiger partial charge >= 0.3 is 0 Å². The molecule has 0 spiro atoms. The number of ether oxygens (including phenoxy) is 1. The topological polar surface area (TPSA) is 61.8 Å². The van der Waals surface area contributed by atoms with Gasteiger partial charge in [-0.05, 0) is 17.7 Å². The summed E-state index contributed by atoms with van der Waals surface area (Å²) in [6.45, 7) is 0. The van der Waals surface area contributed by atoms with Gasteiger partial charge in [0.2, 0.25) is 0 Å². The second-order valence-corrected chi connectivity index (χ2v) is 5.24. The van der Waals surface area contributed by atoms with Crippen molar-refractivity contribution in [2.45, 2.75) is 12.6 Å². The molecule has 21 heavy (non-hydrogen) atoms. The first-order valence-corrected chi connectivity index (χ1v) is 6.78. The molecule has 2 heterocycles. The minimum absolute atomic E-state index is 0.0283. The average molecular weight is 282 g/mol. The fourth-order valence-electron chi connectivity index (χ4n) is 3.09. The number of nitrogens with zero attached hydrogens (tertiary/aromatic N) is 1. The fourth-order valence-corrected chi connectivity index (χ4v) is 3.09. The SMILES string of the molecule is COc1cc2c(cc1O)NC1Cc3ccccc3N1C2=O. The van der Waals surface area contributed by atoms with Crippen molar-refractivity contribution in [2.24, 2.45) is 0 Å². The zero-order valence-corrected chi connectivity index (χ0v) is 11.5. The fraction of sp³-hybridized carbons (Fsp3) is 0.188. The van der Waals surface area contributed by atoms with Crippen LogP contribution >= 0.6 is 0 Å². The monoisotopic (exact) mass is 282 g/mol. The van der Waals surface area contributed by atoms with E-state index in [-0.39, 0.29) is 17.8 Å². The van der Waals surface area contributed by atoms with Gasteiger partial charge in [-0.1, -0.05) is 18.2 Å². The minimum atomic E-state index is -0.102. The Morgan fingerprint density at radius 3 is 2.95 bits per heavy atom. The van der Waals surface area contributed by atoms with E-state index in [1.54, 1.807) is 17.0 Å². The number of methoxy groups -OCH3 is 1. The van der Waals surface area contributed by atoms with Gasteiger partial charge in [-0.15, -0.1) is 0 Å². The van der Waals surface area contributed by atoms with Gasteiger partial charge in [-0.3, -0.25) is 9.69 Å². The van der Waals surface area contributed by atoms with Crippen molar-refractivity contribution in [1.82, 2.24) is 0 Å². The van der Waals surface area contributed by atoms with E-state index < -0.39 is 0 Å². The lowest BCUT2D eigenvalue weighted by molar-refractivity contribution is 0.0978. The molecule has 1 unspecified atom stereocenters. The number of carbonyl (C=O) groups excluding carboxylic acids is 1. The summed E-state index contributed by atoms with van der Waals surface area (Å²) in [5, 5.41) is 13.2. The second kappa shape index (κ2) is 4.15. The van der Waals surface area contributed by atoms with Crippen LogP contribution in [0.25, 0.3) is 0 Å². The third kappa shape index (κ3) is 1.60. The first-order valence-electron chi connectivity index (χ1n) is 6.78. The molecule has 106 valence electrons. The molecule has 0 saturated heterocycles. The van der Waals surface area contributed by atoms with E-state index in [2.05, 4.69) is 5.32 Å². The second-order valence-electron chi connectivity index (χ2n) is 5.24. The number of fused-ring (bicyclic) bond motifs is 4. The summed E-state index contributed by atoms with van der Waals surface area (Å²) in [4.78, 5) is 14.6. The molecule has 0 aliphatic carbocycles. The van der Waals surface area contributed by atoms with Gasteiger partial charge in [0.25, 0.3) is 5.91 Å². The predicted molar refractivity (Wildman–Crippen MR) is 79.0 cm³/mol. The van der Waals surface area contributed by atoms with Crippen molar-refractivity contribution in [3.05, 3.63) is 47.5 Å². The summed E-state index contributed by atoms with van der Waals surface area (Å²) in [7, 11) is 1.47. The van der Waals surface area contributed by atoms with Crippen molar-refractivity contribution in [3.8, 4) is 11.5 Å². The molecule has 0 fully saturated rings. The number of hydrogen-bond donors (Lipinski definition) is 2. The molecule has 5 nitrogen and oxygen atoms in total. The van der Waals surface area contributed by atoms with Crippen LogP contribution in [0, 0.1) is 0 Å². The highest BCUT2D eigenvalue weighted by Crippen LogP contribution is 2.41. The lowest BCUT2D eigenvalue weighted by atomic mass is 10.1. The van der Waals surface area contributed by atoms with E-state index in [0.29, 0.717) is 17.0 Å². The molecule has 1 atom stereocenters. The summed E-state index contributed by atoms with van der Waals surface area (Å²) in [5.41, 5.74) is 3.25. The number of phenols is 1. The number of aromatic hydroxyl groups is 1. The van der Waals surface area contributed by atoms with Crippen LogP contribution < -0.4 is 15.0 Å². The van der Waals surface area contributed by atoms with E-state index in [9.17, 15) is 9.90 Å². The van der Waals surface area contributed by atoms with Crippen LogP contribution in [0.5, 0.6) is 11.5 Å². The van der Waals surface area contributed by atoms with Crippen molar-refractivity contribution in [1.29, 1.82) is 0 Å². The Morgan fingerprint density at radius 2 is 2.14 bits per heavy atom. The van der Waals surface area contributed by atoms with Crippen LogP contribution in [0.15, 0.2) is 36.4 Å². The molecule has 2 aliphatic heterocycles. The van der Waals surface area contributed by atoms with Crippen molar-refractivity contribution < 1.29 is 14.6 Å². The first-order chi connectivity index (χ1) is 10.2. The van der Waals surface area contributed by atoms with Crippen LogP contribution in [-0.2, 0) is 6.42 Å². The number of para-hydroxylation sites is 1. The smallest absolute Gasteiger partial charge is 0.262 e. The van der Waals surface area contributed by atoms with Gasteiger partial charge in [0.1, 0.15) is 6.17 Å². The number of nitrogens with one attached hydrogen (secondary N) is 1. The van der Waals surface area contributed by atoms with E-state index in [4.69, 9.17) is 4.74 Å². The largest absolute Gasteiger partial charge is 0.504 e. The first kappa shape index (κ1) is 12.1. The van der Waals surface area contributed by atoms with Crippen LogP contribution in [0.3, 0.4) is 0 Å². The summed E-state index contributed by atoms with van der Waals surface area (Å²) in [6, 6.07) is 11.0. The van der Waals surface area contributed by atoms with Crippen molar-refractivity contribution in [3.63, 3.8) is 0 Å². The maximum atomic E-state index is 12.8. The Labute approximate surface area is 121 Å². The van der Waals surface area contributed by atoms with E-state index in [0.717, 1.165) is 17.7 Å². The maximum absolute atomic E-state index is 12.8. The Morgan fingerprint density at radius 1 is 1.33 bits per heavy atom. The maximum Gasteiger partial charge on any atom is 0.262 e. The molecular weight excluding hydrogens is 268 g/mol. The van der Waals surface area contributed by atoms with Crippen molar-refractivity contribution >= 4 is 17.3 Å². The molecule has 1 amide bonds. The van der Waals surface area contributed by atoms with Crippen molar-refractivity contribution in [2.75, 3.05) is 17.3 Å². The zero-order chi connectivity index (χ0) is 14.6. The van der Waals surface area contributed by atoms with Crippen LogP contribution in [0.4, 0.5) is 11.4 Å². The van der Waals surface area contributed by atoms with Gasteiger partial charge in [0, 0.05) is 18.2 Å². The Balaban J connectivity index is 1.85. The number of hydrogen-bond acceptors (Lipinski definition) is 4. The van der Waals surface area contributed by atoms with E-state index in [1.807, 2.05) is 24.3 Å². The lowest BCUT2D eigenvalue weighted by Gasteiger charge is -2.33. The Hall–Kier alpha value is -2.69. The third-order valence-corrected chi connectivity index (χ3v) is 4.07.